The quantitative estimate of drug-likeness (QED) is 0.782. The summed E-state index contributed by atoms with van der Waals surface area (Å²) in [4.78, 5) is 21.1. The second kappa shape index (κ2) is 6.57. The van der Waals surface area contributed by atoms with E-state index in [4.69, 9.17) is 0 Å². The first kappa shape index (κ1) is 16.4. The van der Waals surface area contributed by atoms with Gasteiger partial charge in [0.15, 0.2) is 5.13 Å². The normalized spacial score (nSPS) is 11.5. The van der Waals surface area contributed by atoms with E-state index in [-0.39, 0.29) is 11.3 Å². The number of anilines is 1. The maximum absolute atomic E-state index is 12.6. The summed E-state index contributed by atoms with van der Waals surface area (Å²) in [6.45, 7) is 6.94. The summed E-state index contributed by atoms with van der Waals surface area (Å²) in [5.41, 5.74) is 2.66. The van der Waals surface area contributed by atoms with Gasteiger partial charge in [0.1, 0.15) is 5.69 Å². The number of carbonyl (C=O) groups is 1. The minimum Gasteiger partial charge on any atom is -0.339 e. The highest BCUT2D eigenvalue weighted by Gasteiger charge is 2.19. The monoisotopic (exact) mass is 340 g/mol. The van der Waals surface area contributed by atoms with Crippen molar-refractivity contribution in [3.05, 3.63) is 65.2 Å². The van der Waals surface area contributed by atoms with Crippen molar-refractivity contribution in [3.63, 3.8) is 0 Å². The summed E-state index contributed by atoms with van der Waals surface area (Å²) in [5.74, 6) is -0.149. The van der Waals surface area contributed by atoms with Gasteiger partial charge in [0.25, 0.3) is 5.91 Å². The van der Waals surface area contributed by atoms with Crippen LogP contribution in [0.1, 0.15) is 42.5 Å². The van der Waals surface area contributed by atoms with Crippen LogP contribution in [0.2, 0.25) is 0 Å². The molecule has 1 N–H and O–H groups in total. The topological polar surface area (TPSA) is 59.8 Å². The largest absolute Gasteiger partial charge is 0.339 e. The van der Waals surface area contributed by atoms with Gasteiger partial charge in [-0.1, -0.05) is 20.8 Å². The number of thiazole rings is 1. The Morgan fingerprint density at radius 2 is 2.00 bits per heavy atom. The van der Waals surface area contributed by atoms with Crippen molar-refractivity contribution in [3.8, 4) is 0 Å². The van der Waals surface area contributed by atoms with Crippen LogP contribution in [-0.4, -0.2) is 20.4 Å². The second-order valence-electron chi connectivity index (χ2n) is 6.62. The van der Waals surface area contributed by atoms with Gasteiger partial charge in [-0.15, -0.1) is 11.3 Å². The van der Waals surface area contributed by atoms with Crippen molar-refractivity contribution in [2.24, 2.45) is 0 Å². The van der Waals surface area contributed by atoms with Crippen LogP contribution in [0.25, 0.3) is 0 Å². The van der Waals surface area contributed by atoms with Crippen LogP contribution in [0.4, 0.5) is 5.13 Å². The fourth-order valence-corrected chi connectivity index (χ4v) is 3.21. The SMILES string of the molecule is CC(C)(C)c1csc(NC(=O)c2cccn2Cc2ccncc2)n1. The van der Waals surface area contributed by atoms with Gasteiger partial charge in [-0.25, -0.2) is 4.98 Å². The minimum atomic E-state index is -0.149. The summed E-state index contributed by atoms with van der Waals surface area (Å²) in [7, 11) is 0. The zero-order valence-corrected chi connectivity index (χ0v) is 14.8. The predicted molar refractivity (Wildman–Crippen MR) is 96.5 cm³/mol. The number of aromatic nitrogens is 3. The minimum absolute atomic E-state index is 0.0267. The Labute approximate surface area is 145 Å². The van der Waals surface area contributed by atoms with Gasteiger partial charge in [0.2, 0.25) is 0 Å². The van der Waals surface area contributed by atoms with E-state index in [2.05, 4.69) is 36.1 Å². The first-order valence-corrected chi connectivity index (χ1v) is 8.63. The molecular weight excluding hydrogens is 320 g/mol. The van der Waals surface area contributed by atoms with E-state index in [1.54, 1.807) is 12.4 Å². The molecule has 3 aromatic rings. The number of amides is 1. The predicted octanol–water partition coefficient (Wildman–Crippen LogP) is 3.94. The Morgan fingerprint density at radius 3 is 2.67 bits per heavy atom. The number of nitrogens with zero attached hydrogens (tertiary/aromatic N) is 3. The number of hydrogen-bond donors (Lipinski definition) is 1. The lowest BCUT2D eigenvalue weighted by molar-refractivity contribution is 0.101. The molecule has 1 amide bonds. The van der Waals surface area contributed by atoms with E-state index >= 15 is 0 Å². The van der Waals surface area contributed by atoms with Gasteiger partial charge in [0.05, 0.1) is 5.69 Å². The first-order chi connectivity index (χ1) is 11.4. The van der Waals surface area contributed by atoms with Gasteiger partial charge in [0, 0.05) is 35.9 Å². The Hall–Kier alpha value is -2.47. The second-order valence-corrected chi connectivity index (χ2v) is 7.48. The van der Waals surface area contributed by atoms with Gasteiger partial charge in [-0.2, -0.15) is 0 Å². The molecule has 0 atom stereocenters. The molecule has 24 heavy (non-hydrogen) atoms. The highest BCUT2D eigenvalue weighted by Crippen LogP contribution is 2.26. The molecule has 0 aliphatic heterocycles. The molecule has 0 saturated heterocycles. The van der Waals surface area contributed by atoms with Crippen molar-refractivity contribution < 1.29 is 4.79 Å². The van der Waals surface area contributed by atoms with Crippen molar-refractivity contribution >= 4 is 22.4 Å². The maximum Gasteiger partial charge on any atom is 0.274 e. The van der Waals surface area contributed by atoms with Crippen LogP contribution < -0.4 is 5.32 Å². The molecule has 3 rings (SSSR count). The van der Waals surface area contributed by atoms with Crippen LogP contribution in [0.15, 0.2) is 48.2 Å². The average molecular weight is 340 g/mol. The molecule has 0 radical (unpaired) electrons. The van der Waals surface area contributed by atoms with E-state index < -0.39 is 0 Å². The number of pyridine rings is 1. The molecule has 0 saturated carbocycles. The average Bonchev–Trinajstić information content (AvgIpc) is 3.17. The third-order valence-corrected chi connectivity index (χ3v) is 4.42. The Morgan fingerprint density at radius 1 is 1.25 bits per heavy atom. The van der Waals surface area contributed by atoms with Gasteiger partial charge in [-0.05, 0) is 29.8 Å². The van der Waals surface area contributed by atoms with Crippen LogP contribution in [0.3, 0.4) is 0 Å². The van der Waals surface area contributed by atoms with Crippen LogP contribution in [-0.2, 0) is 12.0 Å². The Kier molecular flexibility index (Phi) is 4.49. The highest BCUT2D eigenvalue weighted by atomic mass is 32.1. The van der Waals surface area contributed by atoms with E-state index in [9.17, 15) is 4.79 Å². The fraction of sp³-hybridized carbons (Fsp3) is 0.278. The Balaban J connectivity index is 1.74. The molecule has 5 nitrogen and oxygen atoms in total. The van der Waals surface area contributed by atoms with Gasteiger partial charge in [-0.3, -0.25) is 15.1 Å². The van der Waals surface area contributed by atoms with Crippen molar-refractivity contribution in [1.82, 2.24) is 14.5 Å². The van der Waals surface area contributed by atoms with Crippen LogP contribution in [0.5, 0.6) is 0 Å². The van der Waals surface area contributed by atoms with Gasteiger partial charge < -0.3 is 4.57 Å². The molecular formula is C18H20N4OS. The summed E-state index contributed by atoms with van der Waals surface area (Å²) >= 11 is 1.45. The lowest BCUT2D eigenvalue weighted by Crippen LogP contribution is -2.18. The zero-order chi connectivity index (χ0) is 17.2. The number of nitrogens with one attached hydrogen (secondary N) is 1. The molecule has 124 valence electrons. The maximum atomic E-state index is 12.6. The van der Waals surface area contributed by atoms with E-state index in [0.29, 0.717) is 17.4 Å². The molecule has 6 heteroatoms. The van der Waals surface area contributed by atoms with E-state index in [1.165, 1.54) is 11.3 Å². The van der Waals surface area contributed by atoms with Crippen molar-refractivity contribution in [2.75, 3.05) is 5.32 Å². The standard InChI is InChI=1S/C18H20N4OS/c1-18(2,3)15-12-24-17(20-15)21-16(23)14-5-4-10-22(14)11-13-6-8-19-9-7-13/h4-10,12H,11H2,1-3H3,(H,20,21,23). The molecule has 0 spiro atoms. The number of hydrogen-bond acceptors (Lipinski definition) is 4. The molecule has 0 aromatic carbocycles. The molecule has 0 bridgehead atoms. The van der Waals surface area contributed by atoms with E-state index in [0.717, 1.165) is 11.3 Å². The number of carbonyl (C=O) groups excluding carboxylic acids is 1. The Bertz CT molecular complexity index is 830. The number of rotatable bonds is 4. The molecule has 0 aliphatic carbocycles. The third kappa shape index (κ3) is 3.71. The lowest BCUT2D eigenvalue weighted by Gasteiger charge is -2.14. The summed E-state index contributed by atoms with van der Waals surface area (Å²) in [6, 6.07) is 7.57. The molecule has 3 heterocycles. The summed E-state index contributed by atoms with van der Waals surface area (Å²) in [6.07, 6.45) is 5.40. The van der Waals surface area contributed by atoms with Crippen molar-refractivity contribution in [1.29, 1.82) is 0 Å². The molecule has 0 fully saturated rings. The van der Waals surface area contributed by atoms with Crippen LogP contribution >= 0.6 is 11.3 Å². The van der Waals surface area contributed by atoms with Crippen molar-refractivity contribution in [2.45, 2.75) is 32.7 Å². The molecule has 0 unspecified atom stereocenters. The highest BCUT2D eigenvalue weighted by molar-refractivity contribution is 7.14. The first-order valence-electron chi connectivity index (χ1n) is 7.75. The lowest BCUT2D eigenvalue weighted by atomic mass is 9.93. The zero-order valence-electron chi connectivity index (χ0n) is 14.0. The summed E-state index contributed by atoms with van der Waals surface area (Å²) < 4.78 is 1.92. The molecule has 3 aromatic heterocycles. The fourth-order valence-electron chi connectivity index (χ4n) is 2.28. The van der Waals surface area contributed by atoms with Gasteiger partial charge >= 0.3 is 0 Å². The van der Waals surface area contributed by atoms with Crippen LogP contribution in [0, 0.1) is 0 Å². The molecule has 0 aliphatic rings. The third-order valence-electron chi connectivity index (χ3n) is 3.66. The van der Waals surface area contributed by atoms with E-state index in [1.807, 2.05) is 40.4 Å². The summed E-state index contributed by atoms with van der Waals surface area (Å²) in [5, 5.41) is 5.52. The smallest absolute Gasteiger partial charge is 0.274 e.